The molecule has 0 aliphatic carbocycles. The number of hydrogen-bond donors (Lipinski definition) is 0. The number of ether oxygens (including phenoxy) is 1. The molecule has 1 aromatic heterocycles. The van der Waals surface area contributed by atoms with E-state index in [1.165, 1.54) is 12.1 Å². The number of esters is 1. The molecule has 4 nitrogen and oxygen atoms in total. The highest BCUT2D eigenvalue weighted by Gasteiger charge is 2.11. The van der Waals surface area contributed by atoms with Crippen molar-refractivity contribution in [1.29, 1.82) is 0 Å². The lowest BCUT2D eigenvalue weighted by molar-refractivity contribution is -0.138. The summed E-state index contributed by atoms with van der Waals surface area (Å²) in [5, 5.41) is 2.76. The first-order chi connectivity index (χ1) is 13.2. The molecule has 1 heterocycles. The molecule has 0 saturated carbocycles. The van der Waals surface area contributed by atoms with E-state index < -0.39 is 11.6 Å². The van der Waals surface area contributed by atoms with Gasteiger partial charge in [0, 0.05) is 23.1 Å². The normalized spacial score (nSPS) is 11.3. The molecule has 0 amide bonds. The highest BCUT2D eigenvalue weighted by Crippen LogP contribution is 2.27. The molecular weight excluding hydrogens is 340 g/mol. The van der Waals surface area contributed by atoms with Crippen LogP contribution in [-0.2, 0) is 16.1 Å². The SMILES string of the molecule is O=C(C=Cc1ccccc1)OCc1cc(=O)oc2ccc3ccccc3c12. The van der Waals surface area contributed by atoms with E-state index in [4.69, 9.17) is 9.15 Å². The van der Waals surface area contributed by atoms with Crippen molar-refractivity contribution in [3.05, 3.63) is 100 Å². The van der Waals surface area contributed by atoms with Gasteiger partial charge in [0.25, 0.3) is 0 Å². The third kappa shape index (κ3) is 3.65. The first-order valence-corrected chi connectivity index (χ1v) is 8.55. The minimum absolute atomic E-state index is 0.00588. The van der Waals surface area contributed by atoms with Crippen LogP contribution in [0.25, 0.3) is 27.8 Å². The Labute approximate surface area is 155 Å². The number of carbonyl (C=O) groups excluding carboxylic acids is 1. The van der Waals surface area contributed by atoms with Gasteiger partial charge >= 0.3 is 11.6 Å². The van der Waals surface area contributed by atoms with Gasteiger partial charge < -0.3 is 9.15 Å². The zero-order valence-corrected chi connectivity index (χ0v) is 14.4. The minimum atomic E-state index is -0.472. The standard InChI is InChI=1S/C23H16O4/c24-21(13-10-16-6-2-1-3-7-16)26-15-18-14-22(25)27-20-12-11-17-8-4-5-9-19(17)23(18)20/h1-14H,15H2. The molecule has 0 unspecified atom stereocenters. The van der Waals surface area contributed by atoms with Crippen molar-refractivity contribution in [2.75, 3.05) is 0 Å². The van der Waals surface area contributed by atoms with E-state index in [-0.39, 0.29) is 6.61 Å². The summed E-state index contributed by atoms with van der Waals surface area (Å²) >= 11 is 0. The molecule has 132 valence electrons. The van der Waals surface area contributed by atoms with E-state index in [1.807, 2.05) is 60.7 Å². The minimum Gasteiger partial charge on any atom is -0.458 e. The molecule has 4 rings (SSSR count). The molecule has 0 atom stereocenters. The Balaban J connectivity index is 1.63. The van der Waals surface area contributed by atoms with Gasteiger partial charge in [0.2, 0.25) is 0 Å². The molecule has 0 saturated heterocycles. The van der Waals surface area contributed by atoms with Crippen LogP contribution in [0.4, 0.5) is 0 Å². The van der Waals surface area contributed by atoms with Gasteiger partial charge in [-0.1, -0.05) is 60.7 Å². The van der Waals surface area contributed by atoms with E-state index in [9.17, 15) is 9.59 Å². The number of benzene rings is 3. The van der Waals surface area contributed by atoms with Crippen LogP contribution in [0.2, 0.25) is 0 Å². The van der Waals surface area contributed by atoms with Crippen molar-refractivity contribution in [3.63, 3.8) is 0 Å². The molecule has 27 heavy (non-hydrogen) atoms. The van der Waals surface area contributed by atoms with Gasteiger partial charge in [-0.15, -0.1) is 0 Å². The van der Waals surface area contributed by atoms with Crippen LogP contribution in [0.3, 0.4) is 0 Å². The fraction of sp³-hybridized carbons (Fsp3) is 0.0435. The summed E-state index contributed by atoms with van der Waals surface area (Å²) in [6.45, 7) is -0.00588. The number of rotatable bonds is 4. The van der Waals surface area contributed by atoms with Crippen LogP contribution >= 0.6 is 0 Å². The maximum Gasteiger partial charge on any atom is 0.336 e. The molecule has 0 spiro atoms. The van der Waals surface area contributed by atoms with Crippen molar-refractivity contribution in [1.82, 2.24) is 0 Å². The summed E-state index contributed by atoms with van der Waals surface area (Å²) in [7, 11) is 0. The Hall–Kier alpha value is -3.66. The van der Waals surface area contributed by atoms with E-state index in [0.717, 1.165) is 21.7 Å². The smallest absolute Gasteiger partial charge is 0.336 e. The van der Waals surface area contributed by atoms with Gasteiger partial charge in [-0.2, -0.15) is 0 Å². The van der Waals surface area contributed by atoms with Gasteiger partial charge in [-0.05, 0) is 28.5 Å². The second-order valence-corrected chi connectivity index (χ2v) is 6.10. The molecule has 0 aliphatic rings. The van der Waals surface area contributed by atoms with E-state index in [1.54, 1.807) is 12.1 Å². The lowest BCUT2D eigenvalue weighted by Crippen LogP contribution is -2.06. The highest BCUT2D eigenvalue weighted by atomic mass is 16.5. The van der Waals surface area contributed by atoms with E-state index >= 15 is 0 Å². The van der Waals surface area contributed by atoms with Crippen molar-refractivity contribution >= 4 is 33.8 Å². The summed E-state index contributed by atoms with van der Waals surface area (Å²) in [4.78, 5) is 23.9. The largest absolute Gasteiger partial charge is 0.458 e. The van der Waals surface area contributed by atoms with Crippen LogP contribution < -0.4 is 5.63 Å². The topological polar surface area (TPSA) is 56.5 Å². The molecular formula is C23H16O4. The van der Waals surface area contributed by atoms with Gasteiger partial charge in [-0.3, -0.25) is 0 Å². The number of hydrogen-bond acceptors (Lipinski definition) is 4. The predicted molar refractivity (Wildman–Crippen MR) is 105 cm³/mol. The predicted octanol–water partition coefficient (Wildman–Crippen LogP) is 4.70. The molecule has 0 N–H and O–H groups in total. The third-order valence-electron chi connectivity index (χ3n) is 4.30. The molecule has 0 radical (unpaired) electrons. The second-order valence-electron chi connectivity index (χ2n) is 6.10. The van der Waals surface area contributed by atoms with Crippen LogP contribution in [0.1, 0.15) is 11.1 Å². The van der Waals surface area contributed by atoms with E-state index in [2.05, 4.69) is 0 Å². The number of carbonyl (C=O) groups is 1. The Kier molecular flexibility index (Phi) is 4.54. The zero-order valence-electron chi connectivity index (χ0n) is 14.4. The first kappa shape index (κ1) is 16.8. The van der Waals surface area contributed by atoms with Gasteiger partial charge in [0.05, 0.1) is 0 Å². The quantitative estimate of drug-likeness (QED) is 0.230. The summed E-state index contributed by atoms with van der Waals surface area (Å²) in [5.41, 5.74) is 1.54. The van der Waals surface area contributed by atoms with Crippen molar-refractivity contribution in [2.24, 2.45) is 0 Å². The lowest BCUT2D eigenvalue weighted by Gasteiger charge is -2.08. The molecule has 3 aromatic carbocycles. The van der Waals surface area contributed by atoms with Gasteiger partial charge in [0.1, 0.15) is 12.2 Å². The average molecular weight is 356 g/mol. The van der Waals surface area contributed by atoms with Crippen LogP contribution in [-0.4, -0.2) is 5.97 Å². The van der Waals surface area contributed by atoms with Crippen molar-refractivity contribution < 1.29 is 13.9 Å². The molecule has 0 fully saturated rings. The fourth-order valence-corrected chi connectivity index (χ4v) is 3.06. The Morgan fingerprint density at radius 2 is 1.74 bits per heavy atom. The zero-order chi connectivity index (χ0) is 18.6. The monoisotopic (exact) mass is 356 g/mol. The lowest BCUT2D eigenvalue weighted by atomic mass is 10.0. The summed E-state index contributed by atoms with van der Waals surface area (Å²) < 4.78 is 10.7. The Morgan fingerprint density at radius 1 is 0.963 bits per heavy atom. The van der Waals surface area contributed by atoms with Gasteiger partial charge in [0.15, 0.2) is 0 Å². The maximum absolute atomic E-state index is 12.1. The molecule has 0 bridgehead atoms. The fourth-order valence-electron chi connectivity index (χ4n) is 3.06. The van der Waals surface area contributed by atoms with Gasteiger partial charge in [-0.25, -0.2) is 9.59 Å². The van der Waals surface area contributed by atoms with Crippen LogP contribution in [0, 0.1) is 0 Å². The summed E-state index contributed by atoms with van der Waals surface area (Å²) in [6.07, 6.45) is 3.07. The van der Waals surface area contributed by atoms with Crippen molar-refractivity contribution in [2.45, 2.75) is 6.61 Å². The maximum atomic E-state index is 12.1. The Morgan fingerprint density at radius 3 is 2.59 bits per heavy atom. The number of fused-ring (bicyclic) bond motifs is 3. The van der Waals surface area contributed by atoms with Crippen LogP contribution in [0.5, 0.6) is 0 Å². The summed E-state index contributed by atoms with van der Waals surface area (Å²) in [5.74, 6) is -0.472. The third-order valence-corrected chi connectivity index (χ3v) is 4.30. The molecule has 4 heteroatoms. The first-order valence-electron chi connectivity index (χ1n) is 8.55. The highest BCUT2D eigenvalue weighted by molar-refractivity contribution is 6.07. The Bertz CT molecular complexity index is 1200. The van der Waals surface area contributed by atoms with E-state index in [0.29, 0.717) is 11.1 Å². The average Bonchev–Trinajstić information content (AvgIpc) is 2.70. The molecule has 0 aliphatic heterocycles. The second kappa shape index (κ2) is 7.30. The van der Waals surface area contributed by atoms with Crippen molar-refractivity contribution in [3.8, 4) is 0 Å². The summed E-state index contributed by atoms with van der Waals surface area (Å²) in [6, 6.07) is 22.3. The molecule has 4 aromatic rings. The van der Waals surface area contributed by atoms with Crippen LogP contribution in [0.15, 0.2) is 88.1 Å².